The van der Waals surface area contributed by atoms with Crippen molar-refractivity contribution < 1.29 is 9.53 Å². The van der Waals surface area contributed by atoms with Crippen LogP contribution in [0.15, 0.2) is 24.3 Å². The number of methoxy groups -OCH3 is 1. The second-order valence-corrected chi connectivity index (χ2v) is 2.92. The van der Waals surface area contributed by atoms with Gasteiger partial charge in [0, 0.05) is 0 Å². The molecule has 1 heterocycles. The van der Waals surface area contributed by atoms with Gasteiger partial charge in [0.25, 0.3) is 0 Å². The van der Waals surface area contributed by atoms with E-state index in [1.807, 2.05) is 24.3 Å². The van der Waals surface area contributed by atoms with E-state index >= 15 is 0 Å². The highest BCUT2D eigenvalue weighted by molar-refractivity contribution is 5.80. The van der Waals surface area contributed by atoms with Crippen molar-refractivity contribution >= 4 is 17.3 Å². The Labute approximate surface area is 81.6 Å². The lowest BCUT2D eigenvalue weighted by Gasteiger charge is -2.15. The topological polar surface area (TPSA) is 53.6 Å². The number of fused-ring (bicyclic) bond motifs is 1. The van der Waals surface area contributed by atoms with Crippen molar-refractivity contribution in [2.45, 2.75) is 0 Å². The van der Waals surface area contributed by atoms with Crippen LogP contribution in [0.1, 0.15) is 0 Å². The average Bonchev–Trinajstić information content (AvgIpc) is 2.62. The van der Waals surface area contributed by atoms with Gasteiger partial charge in [0.1, 0.15) is 6.54 Å². The van der Waals surface area contributed by atoms with Crippen molar-refractivity contribution in [3.05, 3.63) is 24.3 Å². The number of anilines is 2. The molecule has 1 aromatic carbocycles. The van der Waals surface area contributed by atoms with Crippen LogP contribution in [0.3, 0.4) is 0 Å². The first-order chi connectivity index (χ1) is 6.81. The predicted molar refractivity (Wildman–Crippen MR) is 52.6 cm³/mol. The summed E-state index contributed by atoms with van der Waals surface area (Å²) < 4.78 is 4.58. The van der Waals surface area contributed by atoms with Crippen LogP contribution < -0.4 is 16.0 Å². The molecule has 74 valence electrons. The largest absolute Gasteiger partial charge is 0.468 e. The van der Waals surface area contributed by atoms with E-state index in [2.05, 4.69) is 15.7 Å². The predicted octanol–water partition coefficient (Wildman–Crippen LogP) is 0.511. The minimum Gasteiger partial charge on any atom is -0.468 e. The standard InChI is InChI=1S/C9H11N3O2/c1-14-9(13)6-12-8-5-3-2-4-7(8)10-11-12/h2-5,10-11H,6H2,1H3. The Bertz CT molecular complexity index is 354. The van der Waals surface area contributed by atoms with Crippen LogP contribution in [-0.2, 0) is 9.53 Å². The van der Waals surface area contributed by atoms with Gasteiger partial charge in [-0.2, -0.15) is 0 Å². The van der Waals surface area contributed by atoms with Crippen LogP contribution >= 0.6 is 0 Å². The maximum absolute atomic E-state index is 11.0. The minimum atomic E-state index is -0.281. The average molecular weight is 193 g/mol. The van der Waals surface area contributed by atoms with Crippen molar-refractivity contribution in [3.63, 3.8) is 0 Å². The first kappa shape index (κ1) is 8.83. The Morgan fingerprint density at radius 3 is 3.07 bits per heavy atom. The number of hydrogen-bond donors (Lipinski definition) is 2. The van der Waals surface area contributed by atoms with E-state index in [9.17, 15) is 4.79 Å². The van der Waals surface area contributed by atoms with Gasteiger partial charge in [-0.25, -0.2) is 0 Å². The Morgan fingerprint density at radius 2 is 2.29 bits per heavy atom. The highest BCUT2D eigenvalue weighted by atomic mass is 16.5. The molecule has 5 nitrogen and oxygen atoms in total. The quantitative estimate of drug-likeness (QED) is 0.670. The van der Waals surface area contributed by atoms with Gasteiger partial charge in [0.15, 0.2) is 0 Å². The van der Waals surface area contributed by atoms with E-state index in [0.29, 0.717) is 0 Å². The molecular formula is C9H11N3O2. The van der Waals surface area contributed by atoms with Crippen molar-refractivity contribution in [2.24, 2.45) is 0 Å². The lowest BCUT2D eigenvalue weighted by Crippen LogP contribution is -2.40. The first-order valence-corrected chi connectivity index (χ1v) is 4.26. The van der Waals surface area contributed by atoms with Crippen molar-refractivity contribution in [1.82, 2.24) is 5.53 Å². The number of nitrogens with zero attached hydrogens (tertiary/aromatic N) is 1. The van der Waals surface area contributed by atoms with Gasteiger partial charge in [-0.1, -0.05) is 12.1 Å². The van der Waals surface area contributed by atoms with E-state index in [4.69, 9.17) is 0 Å². The first-order valence-electron chi connectivity index (χ1n) is 4.26. The van der Waals surface area contributed by atoms with Gasteiger partial charge in [-0.3, -0.25) is 9.80 Å². The molecule has 0 bridgehead atoms. The van der Waals surface area contributed by atoms with Crippen LogP contribution in [0.5, 0.6) is 0 Å². The molecule has 1 aliphatic rings. The summed E-state index contributed by atoms with van der Waals surface area (Å²) in [5.41, 5.74) is 7.72. The highest BCUT2D eigenvalue weighted by Gasteiger charge is 2.19. The van der Waals surface area contributed by atoms with Crippen LogP contribution in [0.25, 0.3) is 0 Å². The highest BCUT2D eigenvalue weighted by Crippen LogP contribution is 2.27. The van der Waals surface area contributed by atoms with Crippen LogP contribution in [0.2, 0.25) is 0 Å². The number of nitrogens with one attached hydrogen (secondary N) is 2. The van der Waals surface area contributed by atoms with Crippen LogP contribution in [-0.4, -0.2) is 19.6 Å². The van der Waals surface area contributed by atoms with Crippen LogP contribution in [0, 0.1) is 0 Å². The molecule has 1 aliphatic heterocycles. The molecule has 1 aromatic rings. The number of esters is 1. The molecule has 14 heavy (non-hydrogen) atoms. The molecule has 0 fully saturated rings. The number of benzene rings is 1. The minimum absolute atomic E-state index is 0.181. The lowest BCUT2D eigenvalue weighted by molar-refractivity contribution is -0.139. The summed E-state index contributed by atoms with van der Waals surface area (Å²) in [5, 5.41) is 1.70. The molecule has 0 saturated heterocycles. The van der Waals surface area contributed by atoms with Crippen LogP contribution in [0.4, 0.5) is 11.4 Å². The van der Waals surface area contributed by atoms with Crippen molar-refractivity contribution in [2.75, 3.05) is 24.1 Å². The Hall–Kier alpha value is -1.75. The number of hydrazine groups is 2. The third kappa shape index (κ3) is 1.49. The summed E-state index contributed by atoms with van der Waals surface area (Å²) in [4.78, 5) is 11.0. The fourth-order valence-corrected chi connectivity index (χ4v) is 1.32. The molecule has 0 unspecified atom stereocenters. The summed E-state index contributed by atoms with van der Waals surface area (Å²) in [6.45, 7) is 0.181. The molecular weight excluding hydrogens is 182 g/mol. The second kappa shape index (κ2) is 3.55. The van der Waals surface area contributed by atoms with Gasteiger partial charge >= 0.3 is 5.97 Å². The Kier molecular flexibility index (Phi) is 2.24. The van der Waals surface area contributed by atoms with Crippen molar-refractivity contribution in [3.8, 4) is 0 Å². The lowest BCUT2D eigenvalue weighted by atomic mass is 10.3. The van der Waals surface area contributed by atoms with E-state index < -0.39 is 0 Å². The summed E-state index contributed by atoms with van der Waals surface area (Å²) in [5.74, 6) is -0.281. The SMILES string of the molecule is COC(=O)CN1NNc2ccccc21. The molecule has 0 aromatic heterocycles. The molecule has 2 rings (SSSR count). The number of carbonyl (C=O) groups is 1. The summed E-state index contributed by atoms with van der Waals surface area (Å²) >= 11 is 0. The van der Waals surface area contributed by atoms with Gasteiger partial charge in [-0.15, -0.1) is 5.53 Å². The normalized spacial score (nSPS) is 13.4. The van der Waals surface area contributed by atoms with E-state index in [1.54, 1.807) is 5.01 Å². The number of rotatable bonds is 2. The van der Waals surface area contributed by atoms with Gasteiger partial charge in [0.2, 0.25) is 0 Å². The third-order valence-corrected chi connectivity index (χ3v) is 2.04. The zero-order chi connectivity index (χ0) is 9.97. The fourth-order valence-electron chi connectivity index (χ4n) is 1.32. The number of carbonyl (C=O) groups excluding carboxylic acids is 1. The third-order valence-electron chi connectivity index (χ3n) is 2.04. The Balaban J connectivity index is 2.14. The van der Waals surface area contributed by atoms with E-state index in [0.717, 1.165) is 11.4 Å². The van der Waals surface area contributed by atoms with Gasteiger partial charge < -0.3 is 10.2 Å². The number of hydrogen-bond acceptors (Lipinski definition) is 5. The van der Waals surface area contributed by atoms with Crippen molar-refractivity contribution in [1.29, 1.82) is 0 Å². The zero-order valence-corrected chi connectivity index (χ0v) is 7.78. The summed E-state index contributed by atoms with van der Waals surface area (Å²) in [6.07, 6.45) is 0. The molecule has 5 heteroatoms. The summed E-state index contributed by atoms with van der Waals surface area (Å²) in [6, 6.07) is 7.69. The fraction of sp³-hybridized carbons (Fsp3) is 0.222. The molecule has 0 radical (unpaired) electrons. The molecule has 0 atom stereocenters. The molecule has 0 amide bonds. The zero-order valence-electron chi connectivity index (χ0n) is 7.78. The molecule has 0 spiro atoms. The van der Waals surface area contributed by atoms with Gasteiger partial charge in [-0.05, 0) is 12.1 Å². The maximum Gasteiger partial charge on any atom is 0.327 e. The molecule has 2 N–H and O–H groups in total. The van der Waals surface area contributed by atoms with E-state index in [1.165, 1.54) is 7.11 Å². The molecule has 0 saturated carbocycles. The molecule has 0 aliphatic carbocycles. The Morgan fingerprint density at radius 1 is 1.50 bits per heavy atom. The van der Waals surface area contributed by atoms with Gasteiger partial charge in [0.05, 0.1) is 18.5 Å². The smallest absolute Gasteiger partial charge is 0.327 e. The van der Waals surface area contributed by atoms with E-state index in [-0.39, 0.29) is 12.5 Å². The number of ether oxygens (including phenoxy) is 1. The summed E-state index contributed by atoms with van der Waals surface area (Å²) in [7, 11) is 1.37. The second-order valence-electron chi connectivity index (χ2n) is 2.92. The monoisotopic (exact) mass is 193 g/mol. The number of para-hydroxylation sites is 2. The maximum atomic E-state index is 11.0.